The standard InChI is InChI=1S/C16H16FNO2S/c17-13-6-4-12(5-7-13)8-9-18-16(20)11-21-15-3-1-2-14(19)10-15/h1-7,10,19H,8-9,11H2,(H,18,20). The molecule has 5 heteroatoms. The Morgan fingerprint density at radius 3 is 2.67 bits per heavy atom. The van der Waals surface area contributed by atoms with Gasteiger partial charge >= 0.3 is 0 Å². The predicted octanol–water partition coefficient (Wildman–Crippen LogP) is 2.98. The Morgan fingerprint density at radius 2 is 1.95 bits per heavy atom. The molecule has 0 aliphatic carbocycles. The molecule has 0 heterocycles. The molecule has 0 fully saturated rings. The molecule has 0 radical (unpaired) electrons. The Morgan fingerprint density at radius 1 is 1.19 bits per heavy atom. The van der Waals surface area contributed by atoms with E-state index in [0.717, 1.165) is 10.5 Å². The summed E-state index contributed by atoms with van der Waals surface area (Å²) in [5.74, 6) is 0.167. The molecule has 0 unspecified atom stereocenters. The van der Waals surface area contributed by atoms with Crippen molar-refractivity contribution in [1.29, 1.82) is 0 Å². The van der Waals surface area contributed by atoms with Gasteiger partial charge in [0.2, 0.25) is 5.91 Å². The summed E-state index contributed by atoms with van der Waals surface area (Å²) >= 11 is 1.37. The number of amides is 1. The average molecular weight is 305 g/mol. The first-order valence-corrected chi connectivity index (χ1v) is 7.55. The number of hydrogen-bond acceptors (Lipinski definition) is 3. The number of carbonyl (C=O) groups is 1. The van der Waals surface area contributed by atoms with Gasteiger partial charge in [0, 0.05) is 11.4 Å². The molecule has 0 atom stereocenters. The molecule has 0 aromatic heterocycles. The Hall–Kier alpha value is -2.01. The molecule has 3 nitrogen and oxygen atoms in total. The van der Waals surface area contributed by atoms with E-state index >= 15 is 0 Å². The molecular formula is C16H16FNO2S. The van der Waals surface area contributed by atoms with Gasteiger partial charge in [0.05, 0.1) is 5.75 Å². The molecule has 0 bridgehead atoms. The summed E-state index contributed by atoms with van der Waals surface area (Å²) in [4.78, 5) is 12.5. The van der Waals surface area contributed by atoms with Crippen molar-refractivity contribution < 1.29 is 14.3 Å². The zero-order valence-electron chi connectivity index (χ0n) is 11.4. The van der Waals surface area contributed by atoms with Gasteiger partial charge in [-0.1, -0.05) is 18.2 Å². The monoisotopic (exact) mass is 305 g/mol. The molecule has 2 aromatic carbocycles. The van der Waals surface area contributed by atoms with Gasteiger partial charge in [0.1, 0.15) is 11.6 Å². The van der Waals surface area contributed by atoms with Gasteiger partial charge in [-0.3, -0.25) is 4.79 Å². The Kier molecular flexibility index (Phi) is 5.63. The number of hydrogen-bond donors (Lipinski definition) is 2. The molecule has 110 valence electrons. The molecule has 0 aliphatic rings. The zero-order chi connectivity index (χ0) is 15.1. The van der Waals surface area contributed by atoms with Crippen LogP contribution >= 0.6 is 11.8 Å². The van der Waals surface area contributed by atoms with Crippen LogP contribution in [0.3, 0.4) is 0 Å². The normalized spacial score (nSPS) is 10.3. The minimum absolute atomic E-state index is 0.0644. The highest BCUT2D eigenvalue weighted by Gasteiger charge is 2.03. The van der Waals surface area contributed by atoms with E-state index in [-0.39, 0.29) is 17.5 Å². The molecular weight excluding hydrogens is 289 g/mol. The SMILES string of the molecule is O=C(CSc1cccc(O)c1)NCCc1ccc(F)cc1. The Balaban J connectivity index is 1.69. The minimum Gasteiger partial charge on any atom is -0.508 e. The van der Waals surface area contributed by atoms with Gasteiger partial charge < -0.3 is 10.4 Å². The van der Waals surface area contributed by atoms with Crippen LogP contribution in [-0.4, -0.2) is 23.3 Å². The van der Waals surface area contributed by atoms with Gasteiger partial charge in [-0.05, 0) is 42.3 Å². The number of nitrogens with one attached hydrogen (secondary N) is 1. The molecule has 21 heavy (non-hydrogen) atoms. The van der Waals surface area contributed by atoms with Crippen LogP contribution in [0.2, 0.25) is 0 Å². The molecule has 1 amide bonds. The summed E-state index contributed by atoms with van der Waals surface area (Å²) in [6.45, 7) is 0.519. The van der Waals surface area contributed by atoms with Crippen molar-refractivity contribution in [2.24, 2.45) is 0 Å². The van der Waals surface area contributed by atoms with Crippen LogP contribution in [0.15, 0.2) is 53.4 Å². The van der Waals surface area contributed by atoms with Crippen molar-refractivity contribution in [2.75, 3.05) is 12.3 Å². The summed E-state index contributed by atoms with van der Waals surface area (Å²) in [5.41, 5.74) is 0.984. The third kappa shape index (κ3) is 5.47. The van der Waals surface area contributed by atoms with Gasteiger partial charge in [-0.25, -0.2) is 4.39 Å². The van der Waals surface area contributed by atoms with Gasteiger partial charge in [0.15, 0.2) is 0 Å². The van der Waals surface area contributed by atoms with E-state index in [4.69, 9.17) is 0 Å². The van der Waals surface area contributed by atoms with E-state index in [2.05, 4.69) is 5.32 Å². The third-order valence-electron chi connectivity index (χ3n) is 2.84. The van der Waals surface area contributed by atoms with Crippen molar-refractivity contribution >= 4 is 17.7 Å². The number of rotatable bonds is 6. The maximum Gasteiger partial charge on any atom is 0.230 e. The second-order valence-electron chi connectivity index (χ2n) is 4.51. The molecule has 2 N–H and O–H groups in total. The summed E-state index contributed by atoms with van der Waals surface area (Å²) in [6.07, 6.45) is 0.669. The van der Waals surface area contributed by atoms with Crippen molar-refractivity contribution in [3.05, 3.63) is 59.9 Å². The number of carbonyl (C=O) groups excluding carboxylic acids is 1. The van der Waals surface area contributed by atoms with Crippen molar-refractivity contribution in [3.8, 4) is 5.75 Å². The van der Waals surface area contributed by atoms with Crippen LogP contribution in [0.5, 0.6) is 5.75 Å². The van der Waals surface area contributed by atoms with Gasteiger partial charge in [0.25, 0.3) is 0 Å². The van der Waals surface area contributed by atoms with E-state index in [1.54, 1.807) is 30.3 Å². The van der Waals surface area contributed by atoms with Crippen LogP contribution < -0.4 is 5.32 Å². The third-order valence-corrected chi connectivity index (χ3v) is 3.83. The lowest BCUT2D eigenvalue weighted by molar-refractivity contribution is -0.118. The van der Waals surface area contributed by atoms with Crippen molar-refractivity contribution in [2.45, 2.75) is 11.3 Å². The largest absolute Gasteiger partial charge is 0.508 e. The summed E-state index contributed by atoms with van der Waals surface area (Å²) < 4.78 is 12.7. The van der Waals surface area contributed by atoms with E-state index in [1.807, 2.05) is 6.07 Å². The lowest BCUT2D eigenvalue weighted by Gasteiger charge is -2.06. The highest BCUT2D eigenvalue weighted by Crippen LogP contribution is 2.21. The van der Waals surface area contributed by atoms with E-state index in [9.17, 15) is 14.3 Å². The highest BCUT2D eigenvalue weighted by molar-refractivity contribution is 8.00. The second-order valence-corrected chi connectivity index (χ2v) is 5.56. The lowest BCUT2D eigenvalue weighted by Crippen LogP contribution is -2.27. The highest BCUT2D eigenvalue weighted by atomic mass is 32.2. The number of halogens is 1. The maximum absolute atomic E-state index is 12.7. The van der Waals surface area contributed by atoms with Crippen LogP contribution in [0.1, 0.15) is 5.56 Å². The lowest BCUT2D eigenvalue weighted by atomic mass is 10.1. The quantitative estimate of drug-likeness (QED) is 0.807. The van der Waals surface area contributed by atoms with Crippen LogP contribution in [0.25, 0.3) is 0 Å². The van der Waals surface area contributed by atoms with Crippen LogP contribution in [0, 0.1) is 5.82 Å². The number of benzene rings is 2. The number of thioether (sulfide) groups is 1. The fraction of sp³-hybridized carbons (Fsp3) is 0.188. The van der Waals surface area contributed by atoms with Crippen LogP contribution in [-0.2, 0) is 11.2 Å². The van der Waals surface area contributed by atoms with E-state index in [0.29, 0.717) is 18.7 Å². The first-order valence-electron chi connectivity index (χ1n) is 6.56. The molecule has 2 rings (SSSR count). The van der Waals surface area contributed by atoms with Crippen molar-refractivity contribution in [3.63, 3.8) is 0 Å². The smallest absolute Gasteiger partial charge is 0.230 e. The zero-order valence-corrected chi connectivity index (χ0v) is 12.2. The first kappa shape index (κ1) is 15.4. The Labute approximate surface area is 127 Å². The molecule has 0 spiro atoms. The summed E-state index contributed by atoms with van der Waals surface area (Å²) in [7, 11) is 0. The Bertz CT molecular complexity index is 601. The first-order chi connectivity index (χ1) is 10.1. The van der Waals surface area contributed by atoms with Crippen LogP contribution in [0.4, 0.5) is 4.39 Å². The van der Waals surface area contributed by atoms with Crippen molar-refractivity contribution in [1.82, 2.24) is 5.32 Å². The summed E-state index contributed by atoms with van der Waals surface area (Å²) in [6, 6.07) is 13.0. The number of phenolic OH excluding ortho intramolecular Hbond substituents is 1. The number of phenols is 1. The van der Waals surface area contributed by atoms with Gasteiger partial charge in [-0.2, -0.15) is 0 Å². The maximum atomic E-state index is 12.7. The number of aromatic hydroxyl groups is 1. The second kappa shape index (κ2) is 7.69. The molecule has 0 saturated carbocycles. The summed E-state index contributed by atoms with van der Waals surface area (Å²) in [5, 5.41) is 12.1. The molecule has 0 aliphatic heterocycles. The minimum atomic E-state index is -0.259. The average Bonchev–Trinajstić information content (AvgIpc) is 2.47. The predicted molar refractivity (Wildman–Crippen MR) is 81.9 cm³/mol. The fourth-order valence-electron chi connectivity index (χ4n) is 1.77. The van der Waals surface area contributed by atoms with E-state index < -0.39 is 0 Å². The topological polar surface area (TPSA) is 49.3 Å². The molecule has 2 aromatic rings. The molecule has 0 saturated heterocycles. The van der Waals surface area contributed by atoms with E-state index in [1.165, 1.54) is 23.9 Å². The van der Waals surface area contributed by atoms with Gasteiger partial charge in [-0.15, -0.1) is 11.8 Å². The fourth-order valence-corrected chi connectivity index (χ4v) is 2.55.